The summed E-state index contributed by atoms with van der Waals surface area (Å²) in [5, 5.41) is 0. The Morgan fingerprint density at radius 1 is 1.10 bits per heavy atom. The second kappa shape index (κ2) is 7.44. The predicted molar refractivity (Wildman–Crippen MR) is 76.3 cm³/mol. The Morgan fingerprint density at radius 3 is 2.05 bits per heavy atom. The fraction of sp³-hybridized carbons (Fsp3) is 0.500. The minimum atomic E-state index is -4.30. The van der Waals surface area contributed by atoms with E-state index < -0.39 is 37.9 Å². The van der Waals surface area contributed by atoms with Gasteiger partial charge in [0, 0.05) is 18.2 Å². The van der Waals surface area contributed by atoms with Crippen molar-refractivity contribution >= 4 is 22.4 Å². The second-order valence-electron chi connectivity index (χ2n) is 4.59. The van der Waals surface area contributed by atoms with Gasteiger partial charge in [0.1, 0.15) is 10.7 Å². The predicted octanol–water partition coefficient (Wildman–Crippen LogP) is 2.32. The molecule has 0 aliphatic heterocycles. The molecule has 0 fully saturated rings. The van der Waals surface area contributed by atoms with Crippen LogP contribution in [0.1, 0.15) is 26.7 Å². The number of benzene rings is 1. The van der Waals surface area contributed by atoms with E-state index in [9.17, 15) is 21.6 Å². The Balaban J connectivity index is 0.00000400. The highest BCUT2D eigenvalue weighted by Crippen LogP contribution is 2.19. The Labute approximate surface area is 128 Å². The Hall–Kier alpha value is -0.830. The van der Waals surface area contributed by atoms with Crippen LogP contribution in [-0.4, -0.2) is 20.5 Å². The molecule has 0 heterocycles. The largest absolute Gasteiger partial charge is 0.324 e. The summed E-state index contributed by atoms with van der Waals surface area (Å²) in [5.74, 6) is -4.24. The number of sulfonamides is 1. The van der Waals surface area contributed by atoms with E-state index in [0.717, 1.165) is 0 Å². The summed E-state index contributed by atoms with van der Waals surface area (Å²) in [7, 11) is -4.30. The molecule has 3 N–H and O–H groups in total. The highest BCUT2D eigenvalue weighted by molar-refractivity contribution is 7.89. The molecule has 1 aromatic rings. The van der Waals surface area contributed by atoms with E-state index in [1.54, 1.807) is 13.8 Å². The van der Waals surface area contributed by atoms with Crippen molar-refractivity contribution in [2.45, 2.75) is 37.1 Å². The van der Waals surface area contributed by atoms with Crippen molar-refractivity contribution < 1.29 is 21.6 Å². The maximum atomic E-state index is 13.5. The zero-order valence-electron chi connectivity index (χ0n) is 11.6. The first-order valence-electron chi connectivity index (χ1n) is 6.08. The lowest BCUT2D eigenvalue weighted by molar-refractivity contribution is 0.391. The molecule has 0 bridgehead atoms. The van der Waals surface area contributed by atoms with Crippen LogP contribution in [0.25, 0.3) is 0 Å². The number of halogens is 4. The van der Waals surface area contributed by atoms with Gasteiger partial charge in [-0.1, -0.05) is 13.8 Å². The zero-order valence-corrected chi connectivity index (χ0v) is 13.3. The summed E-state index contributed by atoms with van der Waals surface area (Å²) >= 11 is 0. The first kappa shape index (κ1) is 20.2. The molecule has 1 rings (SSSR count). The van der Waals surface area contributed by atoms with Gasteiger partial charge >= 0.3 is 0 Å². The molecule has 0 aliphatic rings. The van der Waals surface area contributed by atoms with E-state index in [0.29, 0.717) is 18.9 Å². The van der Waals surface area contributed by atoms with Crippen molar-refractivity contribution in [2.75, 3.05) is 6.54 Å². The molecule has 21 heavy (non-hydrogen) atoms. The van der Waals surface area contributed by atoms with Crippen LogP contribution in [0.5, 0.6) is 0 Å². The van der Waals surface area contributed by atoms with Crippen LogP contribution in [0.3, 0.4) is 0 Å². The van der Waals surface area contributed by atoms with Gasteiger partial charge in [-0.15, -0.1) is 12.4 Å². The fourth-order valence-electron chi connectivity index (χ4n) is 1.53. The van der Waals surface area contributed by atoms with Crippen LogP contribution in [0.15, 0.2) is 17.0 Å². The van der Waals surface area contributed by atoms with E-state index in [2.05, 4.69) is 4.72 Å². The standard InChI is InChI=1S/C12H17F3N2O2S.ClH/c1-3-12(16,4-2)7-17-20(18,19)11-6-9(14)8(13)5-10(11)15;/h5-6,17H,3-4,7,16H2,1-2H3;1H. The minimum absolute atomic E-state index is 0. The van der Waals surface area contributed by atoms with Crippen molar-refractivity contribution in [3.05, 3.63) is 29.6 Å². The first-order chi connectivity index (χ1) is 9.15. The summed E-state index contributed by atoms with van der Waals surface area (Å²) in [6, 6.07) is 0.502. The third kappa shape index (κ3) is 4.84. The summed E-state index contributed by atoms with van der Waals surface area (Å²) < 4.78 is 65.2. The quantitative estimate of drug-likeness (QED) is 0.776. The molecular formula is C12H18ClF3N2O2S. The fourth-order valence-corrected chi connectivity index (χ4v) is 2.73. The molecule has 122 valence electrons. The minimum Gasteiger partial charge on any atom is -0.324 e. The molecule has 0 saturated heterocycles. The molecule has 9 heteroatoms. The van der Waals surface area contributed by atoms with Gasteiger partial charge in [0.25, 0.3) is 0 Å². The van der Waals surface area contributed by atoms with Crippen LogP contribution < -0.4 is 10.5 Å². The van der Waals surface area contributed by atoms with Gasteiger partial charge in [0.15, 0.2) is 11.6 Å². The van der Waals surface area contributed by atoms with Crippen molar-refractivity contribution in [3.63, 3.8) is 0 Å². The third-order valence-electron chi connectivity index (χ3n) is 3.29. The average Bonchev–Trinajstić information content (AvgIpc) is 2.40. The van der Waals surface area contributed by atoms with Gasteiger partial charge in [-0.3, -0.25) is 0 Å². The van der Waals surface area contributed by atoms with Crippen LogP contribution in [0, 0.1) is 17.5 Å². The smallest absolute Gasteiger partial charge is 0.243 e. The highest BCUT2D eigenvalue weighted by Gasteiger charge is 2.26. The van der Waals surface area contributed by atoms with Crippen LogP contribution >= 0.6 is 12.4 Å². The monoisotopic (exact) mass is 346 g/mol. The van der Waals surface area contributed by atoms with Gasteiger partial charge in [-0.2, -0.15) is 0 Å². The van der Waals surface area contributed by atoms with Crippen molar-refractivity contribution in [1.29, 1.82) is 0 Å². The van der Waals surface area contributed by atoms with Gasteiger partial charge in [-0.25, -0.2) is 26.3 Å². The second-order valence-corrected chi connectivity index (χ2v) is 6.33. The van der Waals surface area contributed by atoms with Crippen LogP contribution in [0.4, 0.5) is 13.2 Å². The topological polar surface area (TPSA) is 72.2 Å². The maximum Gasteiger partial charge on any atom is 0.243 e. The molecule has 0 radical (unpaired) electrons. The van der Waals surface area contributed by atoms with E-state index in [1.165, 1.54) is 0 Å². The van der Waals surface area contributed by atoms with E-state index in [1.807, 2.05) is 0 Å². The van der Waals surface area contributed by atoms with E-state index in [4.69, 9.17) is 5.73 Å². The van der Waals surface area contributed by atoms with Gasteiger partial charge < -0.3 is 5.73 Å². The molecule has 0 spiro atoms. The number of hydrogen-bond donors (Lipinski definition) is 2. The summed E-state index contributed by atoms with van der Waals surface area (Å²) in [4.78, 5) is -0.939. The summed E-state index contributed by atoms with van der Waals surface area (Å²) in [6.45, 7) is 3.45. The summed E-state index contributed by atoms with van der Waals surface area (Å²) in [5.41, 5.74) is 5.14. The van der Waals surface area contributed by atoms with Crippen LogP contribution in [-0.2, 0) is 10.0 Å². The average molecular weight is 347 g/mol. The van der Waals surface area contributed by atoms with Gasteiger partial charge in [-0.05, 0) is 18.9 Å². The highest BCUT2D eigenvalue weighted by atomic mass is 35.5. The lowest BCUT2D eigenvalue weighted by Gasteiger charge is -2.26. The zero-order chi connectivity index (χ0) is 15.6. The van der Waals surface area contributed by atoms with Crippen LogP contribution in [0.2, 0.25) is 0 Å². The van der Waals surface area contributed by atoms with Gasteiger partial charge in [0.2, 0.25) is 10.0 Å². The Morgan fingerprint density at radius 2 is 1.57 bits per heavy atom. The first-order valence-corrected chi connectivity index (χ1v) is 7.56. The third-order valence-corrected chi connectivity index (χ3v) is 4.70. The lowest BCUT2D eigenvalue weighted by atomic mass is 9.95. The lowest BCUT2D eigenvalue weighted by Crippen LogP contribution is -2.49. The molecular weight excluding hydrogens is 329 g/mol. The molecule has 0 aliphatic carbocycles. The summed E-state index contributed by atoms with van der Waals surface area (Å²) in [6.07, 6.45) is 1.01. The SMILES string of the molecule is CCC(N)(CC)CNS(=O)(=O)c1cc(F)c(F)cc1F.Cl. The number of hydrogen-bond acceptors (Lipinski definition) is 3. The number of rotatable bonds is 6. The van der Waals surface area contributed by atoms with E-state index >= 15 is 0 Å². The molecule has 0 saturated carbocycles. The molecule has 0 aromatic heterocycles. The van der Waals surface area contributed by atoms with E-state index in [-0.39, 0.29) is 25.0 Å². The van der Waals surface area contributed by atoms with Crippen molar-refractivity contribution in [2.24, 2.45) is 5.73 Å². The maximum absolute atomic E-state index is 13.5. The van der Waals surface area contributed by atoms with Crippen molar-refractivity contribution in [1.82, 2.24) is 4.72 Å². The molecule has 0 atom stereocenters. The van der Waals surface area contributed by atoms with Gasteiger partial charge in [0.05, 0.1) is 0 Å². The molecule has 0 amide bonds. The normalized spacial score (nSPS) is 12.1. The Kier molecular flexibility index (Phi) is 7.14. The number of nitrogens with one attached hydrogen (secondary N) is 1. The molecule has 1 aromatic carbocycles. The molecule has 4 nitrogen and oxygen atoms in total. The van der Waals surface area contributed by atoms with Crippen molar-refractivity contribution in [3.8, 4) is 0 Å². The number of nitrogens with two attached hydrogens (primary N) is 1. The molecule has 0 unspecified atom stereocenters. The Bertz CT molecular complexity index is 592.